The number of nitrogens with zero attached hydrogens (tertiary/aromatic N) is 3. The normalized spacial score (nSPS) is 9.37. The van der Waals surface area contributed by atoms with Crippen molar-refractivity contribution < 1.29 is 25.8 Å². The molecule has 0 saturated heterocycles. The summed E-state index contributed by atoms with van der Waals surface area (Å²) in [6.45, 7) is 0. The maximum absolute atomic E-state index is 3.50. The summed E-state index contributed by atoms with van der Waals surface area (Å²) in [6.07, 6.45) is 10.0. The van der Waals surface area contributed by atoms with Gasteiger partial charge in [-0.3, -0.25) is 6.08 Å². The number of rotatable bonds is 0. The second-order valence-corrected chi connectivity index (χ2v) is 10.1. The molecule has 1 aliphatic rings. The molecule has 0 bridgehead atoms. The Bertz CT molecular complexity index is 134. The fourth-order valence-corrected chi connectivity index (χ4v) is 0.340. The van der Waals surface area contributed by atoms with Gasteiger partial charge in [-0.15, -0.1) is 6.42 Å². The predicted molar refractivity (Wildman–Crippen MR) is 90.5 cm³/mol. The fraction of sp³-hybridized carbons (Fsp3) is 0.714. The topological polar surface area (TPSA) is 42.3 Å². The van der Waals surface area contributed by atoms with Crippen molar-refractivity contribution in [3.63, 3.8) is 0 Å². The number of hydrogen-bond donors (Lipinski definition) is 0. The molecule has 1 radical (unpaired) electrons. The summed E-state index contributed by atoms with van der Waals surface area (Å²) in [5, 5.41) is 10.5. The first kappa shape index (κ1) is 31.9. The van der Waals surface area contributed by atoms with E-state index < -0.39 is 0 Å². The minimum absolute atomic E-state index is 0. The van der Waals surface area contributed by atoms with Gasteiger partial charge in [0.1, 0.15) is 0 Å². The van der Waals surface area contributed by atoms with Crippen molar-refractivity contribution in [2.24, 2.45) is 0 Å². The van der Waals surface area contributed by atoms with Crippen LogP contribution in [0.25, 0.3) is 16.0 Å². The van der Waals surface area contributed by atoms with Crippen LogP contribution in [-0.4, -0.2) is 56.6 Å². The van der Waals surface area contributed by atoms with E-state index in [9.17, 15) is 0 Å². The van der Waals surface area contributed by atoms with Gasteiger partial charge in [0.2, 0.25) is 0 Å². The van der Waals surface area contributed by atoms with E-state index >= 15 is 0 Å². The summed E-state index contributed by atoms with van der Waals surface area (Å²) < 4.78 is 0. The van der Waals surface area contributed by atoms with Crippen LogP contribution in [-0.2, 0) is 25.8 Å². The van der Waals surface area contributed by atoms with Crippen molar-refractivity contribution in [2.45, 2.75) is 23.7 Å². The monoisotopic (exact) mass is 496 g/mol. The third kappa shape index (κ3) is 158. The molecule has 3 nitrogen and oxygen atoms in total. The first-order chi connectivity index (χ1) is 8.47. The fourth-order valence-electron chi connectivity index (χ4n) is 0.340. The zero-order chi connectivity index (χ0) is 15.2. The van der Waals surface area contributed by atoms with Gasteiger partial charge in [0.25, 0.3) is 0 Å². The molecule has 19 heavy (non-hydrogen) atoms. The molecule has 0 saturated carbocycles. The standard InChI is InChI=1S/C5H5.C3H9Ge.3C2H6N.Hf/c1-2-4-5-3-1;1-4(2)3;3*1-3-2;/h1-3H,4H2;1-3H3;3*1-2H3;/q-1;;3*-1;+4. The third-order valence-electron chi connectivity index (χ3n) is 0.586. The average Bonchev–Trinajstić information content (AvgIpc) is 2.76. The quantitative estimate of drug-likeness (QED) is 0.352. The molecule has 1 rings (SSSR count). The molecule has 5 heteroatoms. The van der Waals surface area contributed by atoms with Crippen molar-refractivity contribution in [1.29, 1.82) is 0 Å². The smallest absolute Gasteiger partial charge is 4.00 e. The molecule has 111 valence electrons. The van der Waals surface area contributed by atoms with Crippen molar-refractivity contribution in [1.82, 2.24) is 0 Å². The molecular weight excluding hydrogens is 461 g/mol. The summed E-state index contributed by atoms with van der Waals surface area (Å²) in [6, 6.07) is 0. The molecule has 0 aromatic carbocycles. The number of hydrogen-bond acceptors (Lipinski definition) is 0. The Balaban J connectivity index is -0.0000000435. The molecular formula is C14H32GeHfN3. The minimum Gasteiger partial charge on any atom is 4.00 e. The summed E-state index contributed by atoms with van der Waals surface area (Å²) in [4.78, 5) is 0. The van der Waals surface area contributed by atoms with E-state index in [1.807, 2.05) is 12.2 Å². The summed E-state index contributed by atoms with van der Waals surface area (Å²) in [7, 11) is 10.5. The van der Waals surface area contributed by atoms with Crippen molar-refractivity contribution in [3.05, 3.63) is 40.3 Å². The molecule has 0 spiro atoms. The van der Waals surface area contributed by atoms with E-state index in [-0.39, 0.29) is 40.2 Å². The van der Waals surface area contributed by atoms with Gasteiger partial charge in [-0.05, 0) is 0 Å². The molecule has 0 aliphatic heterocycles. The SMILES string of the molecule is C[N-]C.C[N-]C.C[N-]C.[C-]1=CC=CC1.[CH3][Ge]([CH3])[CH3].[Hf+4]. The Kier molecular flexibility index (Phi) is 71.9. The number of allylic oxidation sites excluding steroid dienone is 4. The molecule has 0 N–H and O–H groups in total. The predicted octanol–water partition coefficient (Wildman–Crippen LogP) is 4.53. The molecule has 0 aromatic rings. The first-order valence-corrected chi connectivity index (χ1v) is 12.2. The third-order valence-corrected chi connectivity index (χ3v) is 0.586. The molecule has 0 fully saturated rings. The Labute approximate surface area is 146 Å². The second-order valence-electron chi connectivity index (χ2n) is 3.84. The van der Waals surface area contributed by atoms with E-state index in [2.05, 4.69) is 45.4 Å². The van der Waals surface area contributed by atoms with Gasteiger partial charge in [0.15, 0.2) is 0 Å². The van der Waals surface area contributed by atoms with Gasteiger partial charge in [-0.2, -0.15) is 48.4 Å². The van der Waals surface area contributed by atoms with Gasteiger partial charge in [0.05, 0.1) is 0 Å². The van der Waals surface area contributed by atoms with Crippen LogP contribution in [0.1, 0.15) is 6.42 Å². The van der Waals surface area contributed by atoms with Crippen molar-refractivity contribution in [3.8, 4) is 0 Å². The van der Waals surface area contributed by atoms with Crippen LogP contribution < -0.4 is 0 Å². The largest absolute Gasteiger partial charge is 4.00 e. The van der Waals surface area contributed by atoms with Crippen LogP contribution in [0.15, 0.2) is 18.2 Å². The van der Waals surface area contributed by atoms with Gasteiger partial charge in [-0.25, -0.2) is 12.2 Å². The maximum atomic E-state index is 3.50. The summed E-state index contributed by atoms with van der Waals surface area (Å²) in [5.74, 6) is 7.00. The van der Waals surface area contributed by atoms with E-state index in [1.54, 1.807) is 42.3 Å². The van der Waals surface area contributed by atoms with Crippen LogP contribution in [0.2, 0.25) is 17.3 Å². The van der Waals surface area contributed by atoms with Crippen molar-refractivity contribution in [2.75, 3.05) is 42.3 Å². The molecule has 0 aromatic heterocycles. The van der Waals surface area contributed by atoms with Crippen LogP contribution in [0.3, 0.4) is 0 Å². The zero-order valence-corrected chi connectivity index (χ0v) is 20.0. The summed E-state index contributed by atoms with van der Waals surface area (Å²) in [5.41, 5.74) is 0. The van der Waals surface area contributed by atoms with Gasteiger partial charge in [0, 0.05) is 0 Å². The molecule has 0 unspecified atom stereocenters. The van der Waals surface area contributed by atoms with Crippen LogP contribution in [0.4, 0.5) is 0 Å². The Morgan fingerprint density at radius 1 is 0.842 bits per heavy atom. The maximum Gasteiger partial charge on any atom is 4.00 e. The second kappa shape index (κ2) is 42.8. The molecule has 0 atom stereocenters. The molecule has 1 aliphatic carbocycles. The van der Waals surface area contributed by atoms with Gasteiger partial charge >= 0.3 is 57.5 Å². The minimum atomic E-state index is -0.333. The van der Waals surface area contributed by atoms with Crippen LogP contribution in [0.5, 0.6) is 0 Å². The molecule has 0 heterocycles. The van der Waals surface area contributed by atoms with E-state index in [4.69, 9.17) is 0 Å². The van der Waals surface area contributed by atoms with E-state index in [0.717, 1.165) is 6.42 Å². The van der Waals surface area contributed by atoms with E-state index in [0.29, 0.717) is 0 Å². The Morgan fingerprint density at radius 3 is 1.16 bits per heavy atom. The summed E-state index contributed by atoms with van der Waals surface area (Å²) >= 11 is -0.333. The first-order valence-electron chi connectivity index (χ1n) is 5.90. The molecule has 0 amide bonds. The average molecular weight is 494 g/mol. The Morgan fingerprint density at radius 2 is 1.11 bits per heavy atom. The zero-order valence-electron chi connectivity index (χ0n) is 14.3. The van der Waals surface area contributed by atoms with Crippen LogP contribution in [0, 0.1) is 6.08 Å². The van der Waals surface area contributed by atoms with Crippen molar-refractivity contribution >= 4 is 14.3 Å². The van der Waals surface area contributed by atoms with E-state index in [1.165, 1.54) is 0 Å². The Hall–Kier alpha value is 0.773. The van der Waals surface area contributed by atoms with Gasteiger partial charge in [-0.1, -0.05) is 0 Å². The van der Waals surface area contributed by atoms with Gasteiger partial charge < -0.3 is 16.0 Å². The van der Waals surface area contributed by atoms with Crippen LogP contribution >= 0.6 is 0 Å².